The average Bonchev–Trinajstić information content (AvgIpc) is 2.55. The van der Waals surface area contributed by atoms with Crippen molar-refractivity contribution in [3.05, 3.63) is 65.2 Å². The van der Waals surface area contributed by atoms with Gasteiger partial charge in [0.25, 0.3) is 0 Å². The van der Waals surface area contributed by atoms with Crippen molar-refractivity contribution in [2.75, 3.05) is 14.2 Å². The molecule has 0 bridgehead atoms. The maximum atomic E-state index is 5.34. The Kier molecular flexibility index (Phi) is 4.26. The molecule has 1 aliphatic carbocycles. The van der Waals surface area contributed by atoms with Gasteiger partial charge in [-0.2, -0.15) is 0 Å². The van der Waals surface area contributed by atoms with Gasteiger partial charge in [-0.15, -0.1) is 0 Å². The topological polar surface area (TPSA) is 21.3 Å². The molecule has 1 N–H and O–H groups in total. The van der Waals surface area contributed by atoms with Gasteiger partial charge in [-0.25, -0.2) is 0 Å². The maximum Gasteiger partial charge on any atom is 0.119 e. The molecule has 0 heterocycles. The highest BCUT2D eigenvalue weighted by molar-refractivity contribution is 5.34. The molecule has 2 unspecified atom stereocenters. The van der Waals surface area contributed by atoms with Crippen LogP contribution in [0.2, 0.25) is 0 Å². The monoisotopic (exact) mass is 281 g/mol. The molecule has 2 heteroatoms. The van der Waals surface area contributed by atoms with Gasteiger partial charge in [0.05, 0.1) is 7.11 Å². The van der Waals surface area contributed by atoms with Crippen molar-refractivity contribution in [2.45, 2.75) is 25.3 Å². The lowest BCUT2D eigenvalue weighted by Gasteiger charge is -2.33. The molecule has 0 saturated heterocycles. The minimum atomic E-state index is 0.446. The van der Waals surface area contributed by atoms with Crippen LogP contribution in [0.15, 0.2) is 48.5 Å². The second-order valence-electron chi connectivity index (χ2n) is 5.82. The van der Waals surface area contributed by atoms with Crippen molar-refractivity contribution in [2.24, 2.45) is 5.92 Å². The molecule has 110 valence electrons. The Morgan fingerprint density at radius 3 is 2.81 bits per heavy atom. The van der Waals surface area contributed by atoms with Crippen LogP contribution in [0, 0.1) is 5.92 Å². The molecule has 0 radical (unpaired) electrons. The molecule has 2 nitrogen and oxygen atoms in total. The number of hydrogen-bond donors (Lipinski definition) is 1. The molecule has 21 heavy (non-hydrogen) atoms. The SMILES string of the molecule is CNC1c2ccccc2CCC1Cc1cccc(OC)c1. The second kappa shape index (κ2) is 6.31. The standard InChI is InChI=1S/C19H23NO/c1-20-19-16(11-10-15-7-3-4-9-18(15)19)12-14-6-5-8-17(13-14)21-2/h3-9,13,16,19-20H,10-12H2,1-2H3. The van der Waals surface area contributed by atoms with Crippen LogP contribution in [0.4, 0.5) is 0 Å². The largest absolute Gasteiger partial charge is 0.497 e. The van der Waals surface area contributed by atoms with Crippen molar-refractivity contribution in [1.29, 1.82) is 0 Å². The number of nitrogens with one attached hydrogen (secondary N) is 1. The molecule has 0 aromatic heterocycles. The molecular weight excluding hydrogens is 258 g/mol. The lowest BCUT2D eigenvalue weighted by atomic mass is 9.77. The van der Waals surface area contributed by atoms with E-state index in [2.05, 4.69) is 54.8 Å². The fraction of sp³-hybridized carbons (Fsp3) is 0.368. The Morgan fingerprint density at radius 2 is 2.00 bits per heavy atom. The summed E-state index contributed by atoms with van der Waals surface area (Å²) in [6.45, 7) is 0. The Bertz CT molecular complexity index is 608. The third kappa shape index (κ3) is 2.96. The smallest absolute Gasteiger partial charge is 0.119 e. The lowest BCUT2D eigenvalue weighted by Crippen LogP contribution is -2.31. The van der Waals surface area contributed by atoms with Crippen LogP contribution >= 0.6 is 0 Å². The van der Waals surface area contributed by atoms with Crippen molar-refractivity contribution in [3.63, 3.8) is 0 Å². The summed E-state index contributed by atoms with van der Waals surface area (Å²) in [5, 5.41) is 3.53. The van der Waals surface area contributed by atoms with E-state index >= 15 is 0 Å². The van der Waals surface area contributed by atoms with Gasteiger partial charge in [0.2, 0.25) is 0 Å². The van der Waals surface area contributed by atoms with Gasteiger partial charge in [-0.3, -0.25) is 0 Å². The molecule has 0 aliphatic heterocycles. The molecular formula is C19H23NO. The summed E-state index contributed by atoms with van der Waals surface area (Å²) in [6, 6.07) is 17.7. The highest BCUT2D eigenvalue weighted by Crippen LogP contribution is 2.36. The third-order valence-corrected chi connectivity index (χ3v) is 4.59. The Balaban J connectivity index is 1.82. The van der Waals surface area contributed by atoms with Crippen molar-refractivity contribution >= 4 is 0 Å². The highest BCUT2D eigenvalue weighted by atomic mass is 16.5. The zero-order chi connectivity index (χ0) is 14.7. The van der Waals surface area contributed by atoms with Gasteiger partial charge < -0.3 is 10.1 Å². The quantitative estimate of drug-likeness (QED) is 0.921. The summed E-state index contributed by atoms with van der Waals surface area (Å²) in [7, 11) is 3.80. The van der Waals surface area contributed by atoms with Crippen LogP contribution in [0.25, 0.3) is 0 Å². The van der Waals surface area contributed by atoms with Crippen molar-refractivity contribution < 1.29 is 4.74 Å². The van der Waals surface area contributed by atoms with Gasteiger partial charge in [-0.05, 0) is 61.1 Å². The third-order valence-electron chi connectivity index (χ3n) is 4.59. The Hall–Kier alpha value is -1.80. The first-order valence-corrected chi connectivity index (χ1v) is 7.70. The number of methoxy groups -OCH3 is 1. The van der Waals surface area contributed by atoms with Crippen LogP contribution in [0.1, 0.15) is 29.2 Å². The first kappa shape index (κ1) is 14.2. The summed E-state index contributed by atoms with van der Waals surface area (Å²) in [6.07, 6.45) is 3.51. The van der Waals surface area contributed by atoms with E-state index in [1.54, 1.807) is 7.11 Å². The van der Waals surface area contributed by atoms with Gasteiger partial charge in [0.15, 0.2) is 0 Å². The van der Waals surface area contributed by atoms with E-state index in [0.29, 0.717) is 12.0 Å². The molecule has 3 rings (SSSR count). The zero-order valence-corrected chi connectivity index (χ0v) is 12.8. The van der Waals surface area contributed by atoms with Gasteiger partial charge >= 0.3 is 0 Å². The maximum absolute atomic E-state index is 5.34. The van der Waals surface area contributed by atoms with E-state index in [0.717, 1.165) is 12.2 Å². The van der Waals surface area contributed by atoms with Crippen LogP contribution in [0.3, 0.4) is 0 Å². The van der Waals surface area contributed by atoms with Crippen LogP contribution in [0.5, 0.6) is 5.75 Å². The summed E-state index contributed by atoms with van der Waals surface area (Å²) in [5.74, 6) is 1.58. The molecule has 2 aromatic carbocycles. The molecule has 2 atom stereocenters. The highest BCUT2D eigenvalue weighted by Gasteiger charge is 2.28. The zero-order valence-electron chi connectivity index (χ0n) is 12.8. The molecule has 0 fully saturated rings. The minimum Gasteiger partial charge on any atom is -0.497 e. The average molecular weight is 281 g/mol. The number of fused-ring (bicyclic) bond motifs is 1. The Labute approximate surface area is 127 Å². The van der Waals surface area contributed by atoms with E-state index in [4.69, 9.17) is 4.74 Å². The van der Waals surface area contributed by atoms with E-state index in [1.165, 1.54) is 29.5 Å². The van der Waals surface area contributed by atoms with Crippen molar-refractivity contribution in [3.8, 4) is 5.75 Å². The Morgan fingerprint density at radius 1 is 1.14 bits per heavy atom. The summed E-state index contributed by atoms with van der Waals surface area (Å²) < 4.78 is 5.34. The molecule has 1 aliphatic rings. The predicted octanol–water partition coefficient (Wildman–Crippen LogP) is 3.76. The minimum absolute atomic E-state index is 0.446. The molecule has 2 aromatic rings. The molecule has 0 saturated carbocycles. The van der Waals surface area contributed by atoms with E-state index in [1.807, 2.05) is 6.07 Å². The fourth-order valence-electron chi connectivity index (χ4n) is 3.54. The van der Waals surface area contributed by atoms with Crippen LogP contribution < -0.4 is 10.1 Å². The fourth-order valence-corrected chi connectivity index (χ4v) is 3.54. The summed E-state index contributed by atoms with van der Waals surface area (Å²) in [4.78, 5) is 0. The number of ether oxygens (including phenoxy) is 1. The predicted molar refractivity (Wildman–Crippen MR) is 86.8 cm³/mol. The lowest BCUT2D eigenvalue weighted by molar-refractivity contribution is 0.334. The number of hydrogen-bond acceptors (Lipinski definition) is 2. The van der Waals surface area contributed by atoms with Crippen molar-refractivity contribution in [1.82, 2.24) is 5.32 Å². The first-order chi connectivity index (χ1) is 10.3. The van der Waals surface area contributed by atoms with Gasteiger partial charge in [0.1, 0.15) is 5.75 Å². The van der Waals surface area contributed by atoms with E-state index in [-0.39, 0.29) is 0 Å². The first-order valence-electron chi connectivity index (χ1n) is 7.70. The number of benzene rings is 2. The number of rotatable bonds is 4. The molecule has 0 spiro atoms. The van der Waals surface area contributed by atoms with E-state index < -0.39 is 0 Å². The number of aryl methyl sites for hydroxylation is 1. The van der Waals surface area contributed by atoms with E-state index in [9.17, 15) is 0 Å². The van der Waals surface area contributed by atoms with Crippen LogP contribution in [-0.4, -0.2) is 14.2 Å². The normalized spacial score (nSPS) is 20.9. The summed E-state index contributed by atoms with van der Waals surface area (Å²) >= 11 is 0. The van der Waals surface area contributed by atoms with Crippen LogP contribution in [-0.2, 0) is 12.8 Å². The van der Waals surface area contributed by atoms with Gasteiger partial charge in [0, 0.05) is 6.04 Å². The second-order valence-corrected chi connectivity index (χ2v) is 5.82. The summed E-state index contributed by atoms with van der Waals surface area (Å²) in [5.41, 5.74) is 4.33. The molecule has 0 amide bonds. The van der Waals surface area contributed by atoms with Gasteiger partial charge in [-0.1, -0.05) is 36.4 Å².